The fourth-order valence-electron chi connectivity index (χ4n) is 1.18. The maximum atomic E-state index is 11.8. The van der Waals surface area contributed by atoms with E-state index in [1.807, 2.05) is 6.92 Å². The lowest BCUT2D eigenvalue weighted by Crippen LogP contribution is -2.31. The van der Waals surface area contributed by atoms with Crippen LogP contribution in [-0.2, 0) is 10.0 Å². The van der Waals surface area contributed by atoms with Gasteiger partial charge < -0.3 is 5.32 Å². The van der Waals surface area contributed by atoms with Crippen LogP contribution in [0.4, 0.5) is 0 Å². The number of halogens is 2. The summed E-state index contributed by atoms with van der Waals surface area (Å²) in [7, 11) is -3.48. The van der Waals surface area contributed by atoms with Crippen molar-refractivity contribution in [2.24, 2.45) is 0 Å². The van der Waals surface area contributed by atoms with Crippen LogP contribution in [0.25, 0.3) is 0 Å². The molecule has 0 bridgehead atoms. The molecule has 0 fully saturated rings. The van der Waals surface area contributed by atoms with Gasteiger partial charge in [-0.1, -0.05) is 18.5 Å². The second-order valence-corrected chi connectivity index (χ2v) is 6.36. The lowest BCUT2D eigenvalue weighted by Gasteiger charge is -2.07. The van der Waals surface area contributed by atoms with Crippen molar-refractivity contribution in [2.75, 3.05) is 19.6 Å². The minimum absolute atomic E-state index is 0.169. The highest BCUT2D eigenvalue weighted by atomic mass is 79.9. The molecule has 1 aromatic carbocycles. The minimum atomic E-state index is -3.48. The van der Waals surface area contributed by atoms with Gasteiger partial charge in [0.1, 0.15) is 0 Å². The van der Waals surface area contributed by atoms with Gasteiger partial charge in [-0.05, 0) is 40.7 Å². The molecule has 0 saturated carbocycles. The monoisotopic (exact) mass is 340 g/mol. The van der Waals surface area contributed by atoms with Crippen LogP contribution in [0.3, 0.4) is 0 Å². The van der Waals surface area contributed by atoms with E-state index in [1.165, 1.54) is 12.1 Å². The van der Waals surface area contributed by atoms with E-state index in [9.17, 15) is 8.42 Å². The summed E-state index contributed by atoms with van der Waals surface area (Å²) in [6, 6.07) is 4.54. The highest BCUT2D eigenvalue weighted by Crippen LogP contribution is 2.25. The van der Waals surface area contributed by atoms with Gasteiger partial charge in [0.15, 0.2) is 0 Å². The number of benzene rings is 1. The van der Waals surface area contributed by atoms with Crippen molar-refractivity contribution < 1.29 is 8.42 Å². The van der Waals surface area contributed by atoms with E-state index in [2.05, 4.69) is 26.0 Å². The zero-order valence-electron chi connectivity index (χ0n) is 9.33. The standard InChI is InChI=1S/C10H14BrClN2O2S/c1-2-13-5-6-14-17(15,16)8-3-4-9(11)10(12)7-8/h3-4,7,13-14H,2,5-6H2,1H3. The zero-order chi connectivity index (χ0) is 12.9. The van der Waals surface area contributed by atoms with Crippen LogP contribution in [-0.4, -0.2) is 28.1 Å². The molecule has 0 aliphatic rings. The second-order valence-electron chi connectivity index (χ2n) is 3.33. The predicted octanol–water partition coefficient (Wildman–Crippen LogP) is 1.99. The molecule has 0 radical (unpaired) electrons. The molecule has 17 heavy (non-hydrogen) atoms. The van der Waals surface area contributed by atoms with Crippen LogP contribution in [0, 0.1) is 0 Å². The topological polar surface area (TPSA) is 58.2 Å². The van der Waals surface area contributed by atoms with Crippen molar-refractivity contribution in [1.29, 1.82) is 0 Å². The third-order valence-corrected chi connectivity index (χ3v) is 4.74. The van der Waals surface area contributed by atoms with E-state index in [1.54, 1.807) is 6.07 Å². The highest BCUT2D eigenvalue weighted by molar-refractivity contribution is 9.10. The number of nitrogens with one attached hydrogen (secondary N) is 2. The van der Waals surface area contributed by atoms with Crippen LogP contribution >= 0.6 is 27.5 Å². The van der Waals surface area contributed by atoms with Crippen molar-refractivity contribution in [2.45, 2.75) is 11.8 Å². The smallest absolute Gasteiger partial charge is 0.240 e. The molecule has 0 atom stereocenters. The summed E-state index contributed by atoms with van der Waals surface area (Å²) >= 11 is 9.06. The molecular formula is C10H14BrClN2O2S. The average Bonchev–Trinajstić information content (AvgIpc) is 2.28. The molecular weight excluding hydrogens is 328 g/mol. The fraction of sp³-hybridized carbons (Fsp3) is 0.400. The third-order valence-electron chi connectivity index (χ3n) is 2.05. The Balaban J connectivity index is 2.72. The van der Waals surface area contributed by atoms with Crippen molar-refractivity contribution in [3.63, 3.8) is 0 Å². The summed E-state index contributed by atoms with van der Waals surface area (Å²) in [5.41, 5.74) is 0. The summed E-state index contributed by atoms with van der Waals surface area (Å²) in [6.07, 6.45) is 0. The first kappa shape index (κ1) is 14.9. The van der Waals surface area contributed by atoms with Gasteiger partial charge in [-0.3, -0.25) is 0 Å². The molecule has 0 amide bonds. The summed E-state index contributed by atoms with van der Waals surface area (Å²) in [4.78, 5) is 0.169. The van der Waals surface area contributed by atoms with Crippen molar-refractivity contribution in [3.8, 4) is 0 Å². The van der Waals surface area contributed by atoms with Gasteiger partial charge in [-0.25, -0.2) is 13.1 Å². The van der Waals surface area contributed by atoms with E-state index in [0.29, 0.717) is 22.6 Å². The van der Waals surface area contributed by atoms with Crippen LogP contribution in [0.5, 0.6) is 0 Å². The number of rotatable bonds is 6. The molecule has 1 rings (SSSR count). The maximum Gasteiger partial charge on any atom is 0.240 e. The minimum Gasteiger partial charge on any atom is -0.316 e. The Kier molecular flexibility index (Phi) is 5.88. The molecule has 0 unspecified atom stereocenters. The molecule has 0 heterocycles. The summed E-state index contributed by atoms with van der Waals surface area (Å²) in [5.74, 6) is 0. The molecule has 1 aromatic rings. The molecule has 0 aromatic heterocycles. The summed E-state index contributed by atoms with van der Waals surface area (Å²) < 4.78 is 26.9. The third kappa shape index (κ3) is 4.56. The van der Waals surface area contributed by atoms with Crippen LogP contribution in [0.2, 0.25) is 5.02 Å². The molecule has 0 spiro atoms. The molecule has 7 heteroatoms. The number of hydrogen-bond donors (Lipinski definition) is 2. The first-order chi connectivity index (χ1) is 7.97. The Morgan fingerprint density at radius 3 is 2.65 bits per heavy atom. The quantitative estimate of drug-likeness (QED) is 0.778. The van der Waals surface area contributed by atoms with Gasteiger partial charge in [0.05, 0.1) is 9.92 Å². The van der Waals surface area contributed by atoms with E-state index in [4.69, 9.17) is 11.6 Å². The van der Waals surface area contributed by atoms with Crippen molar-refractivity contribution >= 4 is 37.6 Å². The Hall–Kier alpha value is -0.140. The lowest BCUT2D eigenvalue weighted by atomic mass is 10.4. The molecule has 0 saturated heterocycles. The Morgan fingerprint density at radius 2 is 2.06 bits per heavy atom. The van der Waals surface area contributed by atoms with Gasteiger partial charge in [0, 0.05) is 17.6 Å². The molecule has 0 aliphatic carbocycles. The largest absolute Gasteiger partial charge is 0.316 e. The van der Waals surface area contributed by atoms with Crippen LogP contribution < -0.4 is 10.0 Å². The van der Waals surface area contributed by atoms with Gasteiger partial charge in [-0.15, -0.1) is 0 Å². The van der Waals surface area contributed by atoms with Crippen LogP contribution in [0.15, 0.2) is 27.6 Å². The summed E-state index contributed by atoms with van der Waals surface area (Å²) in [5, 5.41) is 3.41. The predicted molar refractivity (Wildman–Crippen MR) is 72.9 cm³/mol. The molecule has 4 nitrogen and oxygen atoms in total. The van der Waals surface area contributed by atoms with Gasteiger partial charge in [0.2, 0.25) is 10.0 Å². The van der Waals surface area contributed by atoms with Crippen LogP contribution in [0.1, 0.15) is 6.92 Å². The Labute approximate surface area is 115 Å². The lowest BCUT2D eigenvalue weighted by molar-refractivity contribution is 0.577. The second kappa shape index (κ2) is 6.70. The fourth-order valence-corrected chi connectivity index (χ4v) is 2.73. The molecule has 96 valence electrons. The average molecular weight is 342 g/mol. The van der Waals surface area contributed by atoms with E-state index >= 15 is 0 Å². The highest BCUT2D eigenvalue weighted by Gasteiger charge is 2.14. The normalized spacial score (nSPS) is 11.7. The van der Waals surface area contributed by atoms with Crippen molar-refractivity contribution in [3.05, 3.63) is 27.7 Å². The first-order valence-corrected chi connectivity index (χ1v) is 7.78. The SMILES string of the molecule is CCNCCNS(=O)(=O)c1ccc(Br)c(Cl)c1. The number of sulfonamides is 1. The van der Waals surface area contributed by atoms with Gasteiger partial charge in [0.25, 0.3) is 0 Å². The molecule has 0 aliphatic heterocycles. The van der Waals surface area contributed by atoms with Crippen molar-refractivity contribution in [1.82, 2.24) is 10.0 Å². The Bertz CT molecular complexity index is 479. The number of hydrogen-bond acceptors (Lipinski definition) is 3. The maximum absolute atomic E-state index is 11.8. The van der Waals surface area contributed by atoms with E-state index < -0.39 is 10.0 Å². The Morgan fingerprint density at radius 1 is 1.35 bits per heavy atom. The zero-order valence-corrected chi connectivity index (χ0v) is 12.5. The first-order valence-electron chi connectivity index (χ1n) is 5.13. The van der Waals surface area contributed by atoms with E-state index in [-0.39, 0.29) is 4.90 Å². The van der Waals surface area contributed by atoms with E-state index in [0.717, 1.165) is 6.54 Å². The van der Waals surface area contributed by atoms with Gasteiger partial charge >= 0.3 is 0 Å². The molecule has 2 N–H and O–H groups in total. The summed E-state index contributed by atoms with van der Waals surface area (Å²) in [6.45, 7) is 3.72. The van der Waals surface area contributed by atoms with Gasteiger partial charge in [-0.2, -0.15) is 0 Å². The number of likely N-dealkylation sites (N-methyl/N-ethyl adjacent to an activating group) is 1.